The lowest BCUT2D eigenvalue weighted by molar-refractivity contribution is 0.486. The van der Waals surface area contributed by atoms with E-state index in [4.69, 9.17) is 15.8 Å². The monoisotopic (exact) mass is 390 g/mol. The van der Waals surface area contributed by atoms with Crippen molar-refractivity contribution in [3.63, 3.8) is 0 Å². The van der Waals surface area contributed by atoms with Crippen LogP contribution >= 0.6 is 11.6 Å². The predicted molar refractivity (Wildman–Crippen MR) is 101 cm³/mol. The number of benzene rings is 2. The molecule has 0 unspecified atom stereocenters. The van der Waals surface area contributed by atoms with E-state index in [1.54, 1.807) is 12.1 Å². The van der Waals surface area contributed by atoms with Crippen LogP contribution in [0.15, 0.2) is 53.4 Å². The van der Waals surface area contributed by atoms with Gasteiger partial charge in [0.2, 0.25) is 0 Å². The standard InChI is InChI=1S/C19H19ClN2O3S/c1-13-19(14(2)22(3)21-13)12-15-4-8-17(9-5-15)25-26(23,24)18-10-6-16(20)7-11-18/h4-11H,12H2,1-3H3. The molecule has 0 amide bonds. The van der Waals surface area contributed by atoms with Crippen LogP contribution in [-0.4, -0.2) is 18.2 Å². The molecule has 3 rings (SSSR count). The molecule has 1 aromatic heterocycles. The van der Waals surface area contributed by atoms with Crippen LogP contribution in [0.25, 0.3) is 0 Å². The summed E-state index contributed by atoms with van der Waals surface area (Å²) >= 11 is 5.79. The summed E-state index contributed by atoms with van der Waals surface area (Å²) in [4.78, 5) is 0.0626. The SMILES string of the molecule is Cc1nn(C)c(C)c1Cc1ccc(OS(=O)(=O)c2ccc(Cl)cc2)cc1. The van der Waals surface area contributed by atoms with Gasteiger partial charge >= 0.3 is 10.1 Å². The van der Waals surface area contributed by atoms with Crippen LogP contribution in [0.5, 0.6) is 5.75 Å². The van der Waals surface area contributed by atoms with Crippen molar-refractivity contribution in [3.8, 4) is 5.75 Å². The van der Waals surface area contributed by atoms with E-state index in [1.807, 2.05) is 37.7 Å². The van der Waals surface area contributed by atoms with E-state index in [0.717, 1.165) is 23.4 Å². The van der Waals surface area contributed by atoms with E-state index < -0.39 is 10.1 Å². The van der Waals surface area contributed by atoms with Gasteiger partial charge in [-0.15, -0.1) is 0 Å². The van der Waals surface area contributed by atoms with Crippen LogP contribution in [0.3, 0.4) is 0 Å². The number of hydrogen-bond acceptors (Lipinski definition) is 4. The maximum Gasteiger partial charge on any atom is 0.339 e. The van der Waals surface area contributed by atoms with Crippen LogP contribution in [0.2, 0.25) is 5.02 Å². The number of hydrogen-bond donors (Lipinski definition) is 0. The van der Waals surface area contributed by atoms with E-state index in [-0.39, 0.29) is 10.6 Å². The van der Waals surface area contributed by atoms with Crippen molar-refractivity contribution in [1.82, 2.24) is 9.78 Å². The first-order valence-electron chi connectivity index (χ1n) is 8.04. The quantitative estimate of drug-likeness (QED) is 0.616. The van der Waals surface area contributed by atoms with Crippen LogP contribution in [-0.2, 0) is 23.6 Å². The molecule has 2 aromatic carbocycles. The average molecular weight is 391 g/mol. The zero-order chi connectivity index (χ0) is 18.9. The summed E-state index contributed by atoms with van der Waals surface area (Å²) in [5.41, 5.74) is 4.35. The predicted octanol–water partition coefficient (Wildman–Crippen LogP) is 4.05. The normalized spacial score (nSPS) is 11.5. The van der Waals surface area contributed by atoms with Gasteiger partial charge in [-0.2, -0.15) is 13.5 Å². The van der Waals surface area contributed by atoms with Crippen molar-refractivity contribution in [2.75, 3.05) is 0 Å². The molecule has 0 bridgehead atoms. The maximum absolute atomic E-state index is 12.3. The van der Waals surface area contributed by atoms with Crippen molar-refractivity contribution in [3.05, 3.63) is 76.1 Å². The maximum atomic E-state index is 12.3. The minimum absolute atomic E-state index is 0.0626. The first-order valence-corrected chi connectivity index (χ1v) is 9.83. The third-order valence-electron chi connectivity index (χ3n) is 4.27. The van der Waals surface area contributed by atoms with E-state index >= 15 is 0 Å². The molecule has 0 aliphatic rings. The third kappa shape index (κ3) is 3.92. The minimum Gasteiger partial charge on any atom is -0.379 e. The van der Waals surface area contributed by atoms with E-state index in [2.05, 4.69) is 5.10 Å². The Bertz CT molecular complexity index is 1020. The fraction of sp³-hybridized carbons (Fsp3) is 0.211. The number of aryl methyl sites for hydroxylation is 2. The van der Waals surface area contributed by atoms with Crippen LogP contribution in [0, 0.1) is 13.8 Å². The van der Waals surface area contributed by atoms with Crippen molar-refractivity contribution in [1.29, 1.82) is 0 Å². The van der Waals surface area contributed by atoms with Gasteiger partial charge in [-0.3, -0.25) is 4.68 Å². The molecule has 7 heteroatoms. The Balaban J connectivity index is 1.76. The Morgan fingerprint density at radius 1 is 1.04 bits per heavy atom. The molecule has 1 heterocycles. The molecule has 0 N–H and O–H groups in total. The zero-order valence-corrected chi connectivity index (χ0v) is 16.3. The van der Waals surface area contributed by atoms with Crippen LogP contribution in [0.1, 0.15) is 22.5 Å². The first-order chi connectivity index (χ1) is 12.3. The number of nitrogens with zero attached hydrogens (tertiary/aromatic N) is 2. The first kappa shape index (κ1) is 18.5. The molecule has 0 saturated heterocycles. The summed E-state index contributed by atoms with van der Waals surface area (Å²) in [6.07, 6.45) is 0.732. The zero-order valence-electron chi connectivity index (χ0n) is 14.7. The van der Waals surface area contributed by atoms with Crippen molar-refractivity contribution in [2.45, 2.75) is 25.2 Å². The van der Waals surface area contributed by atoms with Crippen molar-refractivity contribution < 1.29 is 12.6 Å². The molecule has 0 atom stereocenters. The van der Waals surface area contributed by atoms with Crippen molar-refractivity contribution >= 4 is 21.7 Å². The Morgan fingerprint density at radius 2 is 1.65 bits per heavy atom. The van der Waals surface area contributed by atoms with Gasteiger partial charge < -0.3 is 4.18 Å². The molecule has 0 aliphatic carbocycles. The molecule has 3 aromatic rings. The van der Waals surface area contributed by atoms with Gasteiger partial charge in [0, 0.05) is 29.7 Å². The summed E-state index contributed by atoms with van der Waals surface area (Å²) in [6.45, 7) is 4.02. The van der Waals surface area contributed by atoms with Gasteiger partial charge in [-0.1, -0.05) is 23.7 Å². The van der Waals surface area contributed by atoms with Gasteiger partial charge in [0.15, 0.2) is 0 Å². The number of rotatable bonds is 5. The summed E-state index contributed by atoms with van der Waals surface area (Å²) in [5.74, 6) is 0.267. The molecular weight excluding hydrogens is 372 g/mol. The summed E-state index contributed by atoms with van der Waals surface area (Å²) in [6, 6.07) is 12.9. The molecule has 136 valence electrons. The molecule has 0 fully saturated rings. The Hall–Kier alpha value is -2.31. The average Bonchev–Trinajstić information content (AvgIpc) is 2.83. The van der Waals surface area contributed by atoms with Gasteiger partial charge in [0.25, 0.3) is 0 Å². The summed E-state index contributed by atoms with van der Waals surface area (Å²) in [5, 5.41) is 4.88. The van der Waals surface area contributed by atoms with Crippen LogP contribution < -0.4 is 4.18 Å². The smallest absolute Gasteiger partial charge is 0.339 e. The molecule has 0 aliphatic heterocycles. The fourth-order valence-corrected chi connectivity index (χ4v) is 3.77. The lowest BCUT2D eigenvalue weighted by Crippen LogP contribution is -2.09. The number of aromatic nitrogens is 2. The molecule has 0 saturated carbocycles. The van der Waals surface area contributed by atoms with E-state index in [9.17, 15) is 8.42 Å². The van der Waals surface area contributed by atoms with E-state index in [0.29, 0.717) is 5.02 Å². The second kappa shape index (κ2) is 7.13. The molecule has 26 heavy (non-hydrogen) atoms. The Morgan fingerprint density at radius 3 is 2.19 bits per heavy atom. The van der Waals surface area contributed by atoms with Gasteiger partial charge in [0.1, 0.15) is 10.6 Å². The lowest BCUT2D eigenvalue weighted by atomic mass is 10.0. The molecule has 0 spiro atoms. The van der Waals surface area contributed by atoms with Gasteiger partial charge in [-0.05, 0) is 55.8 Å². The van der Waals surface area contributed by atoms with Gasteiger partial charge in [0.05, 0.1) is 5.69 Å². The lowest BCUT2D eigenvalue weighted by Gasteiger charge is -2.08. The summed E-state index contributed by atoms with van der Waals surface area (Å²) < 4.78 is 31.7. The third-order valence-corrected chi connectivity index (χ3v) is 5.78. The highest BCUT2D eigenvalue weighted by atomic mass is 35.5. The molecule has 5 nitrogen and oxygen atoms in total. The highest BCUT2D eigenvalue weighted by Gasteiger charge is 2.16. The molecular formula is C19H19ClN2O3S. The van der Waals surface area contributed by atoms with E-state index in [1.165, 1.54) is 29.8 Å². The Kier molecular flexibility index (Phi) is 5.07. The van der Waals surface area contributed by atoms with Crippen molar-refractivity contribution in [2.24, 2.45) is 7.05 Å². The van der Waals surface area contributed by atoms with Crippen LogP contribution in [0.4, 0.5) is 0 Å². The Labute approximate surface area is 158 Å². The largest absolute Gasteiger partial charge is 0.379 e. The highest BCUT2D eigenvalue weighted by molar-refractivity contribution is 7.87. The minimum atomic E-state index is -3.88. The topological polar surface area (TPSA) is 61.2 Å². The van der Waals surface area contributed by atoms with Gasteiger partial charge in [-0.25, -0.2) is 0 Å². The number of halogens is 1. The second-order valence-corrected chi connectivity index (χ2v) is 8.07. The highest BCUT2D eigenvalue weighted by Crippen LogP contribution is 2.23. The summed E-state index contributed by atoms with van der Waals surface area (Å²) in [7, 11) is -1.96. The molecule has 0 radical (unpaired) electrons. The fourth-order valence-electron chi connectivity index (χ4n) is 2.72. The second-order valence-electron chi connectivity index (χ2n) is 6.09.